The molecular formula is C26H22Cl2N2Sn. The zero-order valence-corrected chi connectivity index (χ0v) is 21.3. The topological polar surface area (TPSA) is 25.8 Å². The molecule has 0 fully saturated rings. The summed E-state index contributed by atoms with van der Waals surface area (Å²) in [6.45, 7) is 0. The van der Waals surface area contributed by atoms with Gasteiger partial charge in [-0.15, -0.1) is 0 Å². The van der Waals surface area contributed by atoms with E-state index in [0.29, 0.717) is 0 Å². The molecule has 154 valence electrons. The zero-order valence-electron chi connectivity index (χ0n) is 17.0. The van der Waals surface area contributed by atoms with E-state index < -0.39 is 0 Å². The molecule has 5 rings (SSSR count). The summed E-state index contributed by atoms with van der Waals surface area (Å²) in [5, 5.41) is 2.28. The standard InChI is InChI=1S/C12H8N2.2C7H7.2ClH.Sn/c1-3-9-5-6-11-10(4-2-7-13-11)12(9)14-8-1;2*1-7-5-3-2-4-6-7;;;/h1-8H;2*2-6H,1H2;2*1H;/q;;;;;+2/p-2. The summed E-state index contributed by atoms with van der Waals surface area (Å²) in [7, 11) is 0. The maximum Gasteiger partial charge on any atom is 0.0795 e. The van der Waals surface area contributed by atoms with E-state index in [2.05, 4.69) is 88.8 Å². The Morgan fingerprint density at radius 3 is 1.77 bits per heavy atom. The van der Waals surface area contributed by atoms with Gasteiger partial charge < -0.3 is 24.8 Å². The number of benzene rings is 3. The third-order valence-electron chi connectivity index (χ3n) is 4.70. The third kappa shape index (κ3) is 7.20. The Hall–Kier alpha value is -2.14. The summed E-state index contributed by atoms with van der Waals surface area (Å²) >= 11 is -0.258. The van der Waals surface area contributed by atoms with Gasteiger partial charge in [0.05, 0.1) is 11.0 Å². The van der Waals surface area contributed by atoms with Gasteiger partial charge in [0.2, 0.25) is 0 Å². The fourth-order valence-electron chi connectivity index (χ4n) is 3.24. The van der Waals surface area contributed by atoms with Crippen molar-refractivity contribution in [1.82, 2.24) is 9.97 Å². The molecule has 0 N–H and O–H groups in total. The van der Waals surface area contributed by atoms with Crippen LogP contribution in [-0.2, 0) is 8.87 Å². The van der Waals surface area contributed by atoms with Crippen LogP contribution in [0.1, 0.15) is 11.1 Å². The molecule has 0 bridgehead atoms. The minimum atomic E-state index is -0.258. The molecule has 2 nitrogen and oxygen atoms in total. The van der Waals surface area contributed by atoms with E-state index in [1.165, 1.54) is 20.0 Å². The van der Waals surface area contributed by atoms with E-state index in [4.69, 9.17) is 0 Å². The Kier molecular flexibility index (Phi) is 10.8. The molecule has 0 aliphatic rings. The summed E-state index contributed by atoms with van der Waals surface area (Å²) in [4.78, 5) is 8.66. The van der Waals surface area contributed by atoms with E-state index in [-0.39, 0.29) is 46.0 Å². The van der Waals surface area contributed by atoms with Gasteiger partial charge >= 0.3 is 102 Å². The molecule has 0 unspecified atom stereocenters. The van der Waals surface area contributed by atoms with E-state index in [1.807, 2.05) is 24.4 Å². The largest absolute Gasteiger partial charge is 0.256 e. The smallest absolute Gasteiger partial charge is 0.0795 e. The minimum Gasteiger partial charge on any atom is -0.256 e. The first-order valence-electron chi connectivity index (χ1n) is 9.77. The van der Waals surface area contributed by atoms with Crippen LogP contribution < -0.4 is 24.8 Å². The molecule has 0 radical (unpaired) electrons. The maximum absolute atomic E-state index is 4.37. The van der Waals surface area contributed by atoms with Gasteiger partial charge in [-0.2, -0.15) is 0 Å². The van der Waals surface area contributed by atoms with Crippen LogP contribution in [0.2, 0.25) is 0 Å². The van der Waals surface area contributed by atoms with E-state index in [1.54, 1.807) is 6.20 Å². The van der Waals surface area contributed by atoms with E-state index >= 15 is 0 Å². The van der Waals surface area contributed by atoms with Crippen molar-refractivity contribution in [3.63, 3.8) is 0 Å². The van der Waals surface area contributed by atoms with Crippen LogP contribution in [0.5, 0.6) is 0 Å². The van der Waals surface area contributed by atoms with Crippen LogP contribution in [-0.4, -0.2) is 31.1 Å². The number of nitrogens with zero attached hydrogens (tertiary/aromatic N) is 2. The predicted octanol–water partition coefficient (Wildman–Crippen LogP) is -0.118. The predicted molar refractivity (Wildman–Crippen MR) is 123 cm³/mol. The third-order valence-corrected chi connectivity index (χ3v) is 8.45. The Balaban J connectivity index is 0.000000207. The molecule has 0 saturated heterocycles. The molecule has 31 heavy (non-hydrogen) atoms. The molecule has 5 heteroatoms. The maximum atomic E-state index is 4.37. The van der Waals surface area contributed by atoms with E-state index in [9.17, 15) is 0 Å². The van der Waals surface area contributed by atoms with Gasteiger partial charge in [-0.3, -0.25) is 9.97 Å². The number of aromatic nitrogens is 2. The van der Waals surface area contributed by atoms with Gasteiger partial charge in [0.1, 0.15) is 0 Å². The van der Waals surface area contributed by atoms with Gasteiger partial charge in [-0.25, -0.2) is 0 Å². The van der Waals surface area contributed by atoms with Crippen molar-refractivity contribution < 1.29 is 24.8 Å². The number of hydrogen-bond acceptors (Lipinski definition) is 2. The van der Waals surface area contributed by atoms with Crippen LogP contribution in [0.15, 0.2) is 109 Å². The van der Waals surface area contributed by atoms with Crippen molar-refractivity contribution in [2.24, 2.45) is 0 Å². The molecule has 3 aromatic carbocycles. The molecule has 2 heterocycles. The number of halogens is 2. The van der Waals surface area contributed by atoms with Crippen molar-refractivity contribution in [2.75, 3.05) is 0 Å². The fraction of sp³-hybridized carbons (Fsp3) is 0.0769. The number of rotatable bonds is 4. The Morgan fingerprint density at radius 2 is 1.13 bits per heavy atom. The molecule has 0 amide bonds. The Bertz CT molecular complexity index is 1090. The second kappa shape index (κ2) is 13.3. The van der Waals surface area contributed by atoms with Crippen LogP contribution >= 0.6 is 0 Å². The van der Waals surface area contributed by atoms with Gasteiger partial charge in [0, 0.05) is 23.2 Å². The second-order valence-electron chi connectivity index (χ2n) is 6.79. The first-order valence-corrected chi connectivity index (χ1v) is 13.8. The number of hydrogen-bond donors (Lipinski definition) is 0. The molecule has 2 aromatic heterocycles. The SMILES string of the molecule is [Cl-].[Cl-].c1ccc([CH2][Sn+2][CH2]c2ccccc2)cc1.c1cnc2c(c1)ccc1ncccc12. The summed E-state index contributed by atoms with van der Waals surface area (Å²) in [6, 6.07) is 33.8. The quantitative estimate of drug-likeness (QED) is 0.230. The summed E-state index contributed by atoms with van der Waals surface area (Å²) in [5.41, 5.74) is 5.05. The van der Waals surface area contributed by atoms with Gasteiger partial charge in [-0.1, -0.05) is 12.1 Å². The fourth-order valence-corrected chi connectivity index (χ4v) is 6.59. The van der Waals surface area contributed by atoms with Crippen molar-refractivity contribution in [3.05, 3.63) is 121 Å². The first-order chi connectivity index (χ1) is 14.4. The molecule has 0 aliphatic heterocycles. The second-order valence-corrected chi connectivity index (χ2v) is 10.2. The van der Waals surface area contributed by atoms with Gasteiger partial charge in [0.25, 0.3) is 0 Å². The first kappa shape index (κ1) is 25.1. The zero-order chi connectivity index (χ0) is 19.7. The van der Waals surface area contributed by atoms with Crippen molar-refractivity contribution in [1.29, 1.82) is 0 Å². The van der Waals surface area contributed by atoms with Gasteiger partial charge in [0.15, 0.2) is 0 Å². The summed E-state index contributed by atoms with van der Waals surface area (Å²) < 4.78 is 2.69. The molecule has 0 atom stereocenters. The van der Waals surface area contributed by atoms with Crippen molar-refractivity contribution in [2.45, 2.75) is 8.87 Å². The number of fused-ring (bicyclic) bond motifs is 3. The minimum absolute atomic E-state index is 0. The summed E-state index contributed by atoms with van der Waals surface area (Å²) in [5.74, 6) is 0. The molecule has 5 aromatic rings. The van der Waals surface area contributed by atoms with Crippen LogP contribution in [0.4, 0.5) is 0 Å². The number of pyridine rings is 2. The molecule has 0 aliphatic carbocycles. The van der Waals surface area contributed by atoms with Crippen molar-refractivity contribution >= 4 is 42.9 Å². The van der Waals surface area contributed by atoms with E-state index in [0.717, 1.165) is 21.8 Å². The average molecular weight is 552 g/mol. The average Bonchev–Trinajstić information content (AvgIpc) is 2.81. The van der Waals surface area contributed by atoms with Gasteiger partial charge in [-0.05, 0) is 24.3 Å². The molecular weight excluding hydrogens is 530 g/mol. The monoisotopic (exact) mass is 552 g/mol. The van der Waals surface area contributed by atoms with Crippen molar-refractivity contribution in [3.8, 4) is 0 Å². The normalized spacial score (nSPS) is 9.55. The summed E-state index contributed by atoms with van der Waals surface area (Å²) in [6.07, 6.45) is 3.62. The molecule has 0 saturated carbocycles. The van der Waals surface area contributed by atoms with Crippen LogP contribution in [0.3, 0.4) is 0 Å². The molecule has 0 spiro atoms. The Labute approximate surface area is 206 Å². The van der Waals surface area contributed by atoms with Crippen LogP contribution in [0, 0.1) is 0 Å². The van der Waals surface area contributed by atoms with Crippen LogP contribution in [0.25, 0.3) is 21.8 Å². The Morgan fingerprint density at radius 1 is 0.548 bits per heavy atom.